The summed E-state index contributed by atoms with van der Waals surface area (Å²) in [6.07, 6.45) is -0.270. The van der Waals surface area contributed by atoms with E-state index < -0.39 is 24.1 Å². The standard InChI is InChI=1S/C11H16N2O5/c12-9(14)6-3-4-13(5-6)10(15)7-1-2-8(18-7)11(16)17/h6-8H,1-5H2,(H2,12,14)(H,16,17). The van der Waals surface area contributed by atoms with E-state index in [9.17, 15) is 14.4 Å². The summed E-state index contributed by atoms with van der Waals surface area (Å²) in [6.45, 7) is 0.788. The van der Waals surface area contributed by atoms with Gasteiger partial charge >= 0.3 is 5.97 Å². The van der Waals surface area contributed by atoms with Crippen LogP contribution in [-0.2, 0) is 19.1 Å². The molecular formula is C11H16N2O5. The summed E-state index contributed by atoms with van der Waals surface area (Å²) in [4.78, 5) is 35.3. The molecule has 0 radical (unpaired) electrons. The fraction of sp³-hybridized carbons (Fsp3) is 0.727. The van der Waals surface area contributed by atoms with Gasteiger partial charge in [-0.3, -0.25) is 9.59 Å². The second kappa shape index (κ2) is 4.93. The molecule has 2 amide bonds. The molecule has 0 aromatic heterocycles. The lowest BCUT2D eigenvalue weighted by atomic mass is 10.1. The summed E-state index contributed by atoms with van der Waals surface area (Å²) in [5.74, 6) is -1.98. The lowest BCUT2D eigenvalue weighted by Gasteiger charge is -2.20. The van der Waals surface area contributed by atoms with Crippen LogP contribution in [0, 0.1) is 5.92 Å². The van der Waals surface area contributed by atoms with Crippen LogP contribution in [0.3, 0.4) is 0 Å². The SMILES string of the molecule is NC(=O)C1CCN(C(=O)C2CCC(C(=O)O)O2)C1. The number of rotatable bonds is 3. The first-order chi connectivity index (χ1) is 8.49. The van der Waals surface area contributed by atoms with Gasteiger partial charge in [0, 0.05) is 13.1 Å². The number of carboxylic acids is 1. The average Bonchev–Trinajstić information content (AvgIpc) is 2.97. The molecule has 2 heterocycles. The van der Waals surface area contributed by atoms with Crippen molar-refractivity contribution >= 4 is 17.8 Å². The third kappa shape index (κ3) is 2.45. The Labute approximate surface area is 104 Å². The van der Waals surface area contributed by atoms with Crippen LogP contribution in [0.2, 0.25) is 0 Å². The summed E-state index contributed by atoms with van der Waals surface area (Å²) in [5, 5.41) is 8.78. The largest absolute Gasteiger partial charge is 0.479 e. The molecule has 18 heavy (non-hydrogen) atoms. The topological polar surface area (TPSA) is 110 Å². The first kappa shape index (κ1) is 12.8. The van der Waals surface area contributed by atoms with E-state index in [1.54, 1.807) is 0 Å². The molecule has 0 saturated carbocycles. The van der Waals surface area contributed by atoms with Gasteiger partial charge in [-0.15, -0.1) is 0 Å². The van der Waals surface area contributed by atoms with Gasteiger partial charge in [-0.1, -0.05) is 0 Å². The minimum absolute atomic E-state index is 0.234. The number of carbonyl (C=O) groups is 3. The van der Waals surface area contributed by atoms with Gasteiger partial charge in [0.2, 0.25) is 5.91 Å². The molecule has 2 aliphatic heterocycles. The van der Waals surface area contributed by atoms with Crippen molar-refractivity contribution in [1.29, 1.82) is 0 Å². The number of carboxylic acid groups (broad SMARTS) is 1. The lowest BCUT2D eigenvalue weighted by molar-refractivity contribution is -0.154. The first-order valence-electron chi connectivity index (χ1n) is 5.95. The van der Waals surface area contributed by atoms with Crippen molar-refractivity contribution in [3.8, 4) is 0 Å². The fourth-order valence-corrected chi connectivity index (χ4v) is 2.40. The summed E-state index contributed by atoms with van der Waals surface area (Å²) < 4.78 is 5.19. The number of primary amides is 1. The van der Waals surface area contributed by atoms with Crippen LogP contribution in [0.15, 0.2) is 0 Å². The predicted molar refractivity (Wildman–Crippen MR) is 59.4 cm³/mol. The van der Waals surface area contributed by atoms with Gasteiger partial charge in [-0.25, -0.2) is 4.79 Å². The molecule has 3 atom stereocenters. The molecule has 3 unspecified atom stereocenters. The van der Waals surface area contributed by atoms with Crippen molar-refractivity contribution in [2.45, 2.75) is 31.5 Å². The van der Waals surface area contributed by atoms with E-state index in [-0.39, 0.29) is 11.8 Å². The zero-order valence-corrected chi connectivity index (χ0v) is 9.87. The van der Waals surface area contributed by atoms with E-state index in [1.165, 1.54) is 4.90 Å². The number of likely N-dealkylation sites (tertiary alicyclic amines) is 1. The van der Waals surface area contributed by atoms with Crippen LogP contribution in [0.4, 0.5) is 0 Å². The van der Waals surface area contributed by atoms with E-state index >= 15 is 0 Å². The summed E-state index contributed by atoms with van der Waals surface area (Å²) in [6, 6.07) is 0. The first-order valence-corrected chi connectivity index (χ1v) is 5.95. The summed E-state index contributed by atoms with van der Waals surface area (Å²) >= 11 is 0. The third-order valence-corrected chi connectivity index (χ3v) is 3.47. The Balaban J connectivity index is 1.90. The van der Waals surface area contributed by atoms with E-state index in [1.807, 2.05) is 0 Å². The van der Waals surface area contributed by atoms with Gasteiger partial charge in [0.1, 0.15) is 6.10 Å². The minimum atomic E-state index is -1.04. The third-order valence-electron chi connectivity index (χ3n) is 3.47. The molecule has 0 aliphatic carbocycles. The number of nitrogens with zero attached hydrogens (tertiary/aromatic N) is 1. The molecule has 0 spiro atoms. The number of ether oxygens (including phenoxy) is 1. The van der Waals surface area contributed by atoms with Crippen molar-refractivity contribution in [2.75, 3.05) is 13.1 Å². The lowest BCUT2D eigenvalue weighted by Crippen LogP contribution is -2.39. The molecule has 3 N–H and O–H groups in total. The summed E-state index contributed by atoms with van der Waals surface area (Å²) in [5.41, 5.74) is 5.19. The van der Waals surface area contributed by atoms with Crippen LogP contribution < -0.4 is 5.73 Å². The van der Waals surface area contributed by atoms with Crippen LogP contribution in [0.5, 0.6) is 0 Å². The van der Waals surface area contributed by atoms with Crippen LogP contribution >= 0.6 is 0 Å². The second-order valence-corrected chi connectivity index (χ2v) is 4.70. The van der Waals surface area contributed by atoms with Crippen molar-refractivity contribution in [1.82, 2.24) is 4.90 Å². The molecule has 2 fully saturated rings. The van der Waals surface area contributed by atoms with Gasteiger partial charge in [-0.05, 0) is 19.3 Å². The van der Waals surface area contributed by atoms with Gasteiger partial charge in [-0.2, -0.15) is 0 Å². The Bertz CT molecular complexity index is 350. The van der Waals surface area contributed by atoms with Crippen LogP contribution in [-0.4, -0.2) is 53.1 Å². The molecule has 7 nitrogen and oxygen atoms in total. The smallest absolute Gasteiger partial charge is 0.332 e. The predicted octanol–water partition coefficient (Wildman–Crippen LogP) is -1.05. The number of aliphatic carboxylic acids is 1. The molecule has 0 bridgehead atoms. The van der Waals surface area contributed by atoms with Gasteiger partial charge in [0.25, 0.3) is 5.91 Å². The highest BCUT2D eigenvalue weighted by molar-refractivity contribution is 5.84. The highest BCUT2D eigenvalue weighted by Crippen LogP contribution is 2.24. The molecule has 0 aromatic carbocycles. The maximum Gasteiger partial charge on any atom is 0.332 e. The van der Waals surface area contributed by atoms with E-state index in [2.05, 4.69) is 0 Å². The number of hydrogen-bond donors (Lipinski definition) is 2. The zero-order valence-electron chi connectivity index (χ0n) is 9.87. The Kier molecular flexibility index (Phi) is 3.51. The van der Waals surface area contributed by atoms with E-state index in [4.69, 9.17) is 15.6 Å². The maximum absolute atomic E-state index is 12.0. The maximum atomic E-state index is 12.0. The zero-order chi connectivity index (χ0) is 13.3. The fourth-order valence-electron chi connectivity index (χ4n) is 2.40. The molecule has 2 aliphatic rings. The number of nitrogens with two attached hydrogens (primary N) is 1. The molecule has 2 saturated heterocycles. The van der Waals surface area contributed by atoms with Crippen LogP contribution in [0.1, 0.15) is 19.3 Å². The van der Waals surface area contributed by atoms with Crippen LogP contribution in [0.25, 0.3) is 0 Å². The molecule has 7 heteroatoms. The van der Waals surface area contributed by atoms with Crippen molar-refractivity contribution in [2.24, 2.45) is 11.7 Å². The van der Waals surface area contributed by atoms with E-state index in [0.717, 1.165) is 0 Å². The van der Waals surface area contributed by atoms with Gasteiger partial charge < -0.3 is 20.5 Å². The van der Waals surface area contributed by atoms with E-state index in [0.29, 0.717) is 32.4 Å². The average molecular weight is 256 g/mol. The Morgan fingerprint density at radius 3 is 2.33 bits per heavy atom. The number of hydrogen-bond acceptors (Lipinski definition) is 4. The Morgan fingerprint density at radius 1 is 1.17 bits per heavy atom. The molecule has 0 aromatic rings. The minimum Gasteiger partial charge on any atom is -0.479 e. The molecule has 100 valence electrons. The highest BCUT2D eigenvalue weighted by atomic mass is 16.5. The quantitative estimate of drug-likeness (QED) is 0.669. The molecular weight excluding hydrogens is 240 g/mol. The van der Waals surface area contributed by atoms with Crippen molar-refractivity contribution < 1.29 is 24.2 Å². The van der Waals surface area contributed by atoms with Gasteiger partial charge in [0.05, 0.1) is 5.92 Å². The molecule has 2 rings (SSSR count). The van der Waals surface area contributed by atoms with Crippen molar-refractivity contribution in [3.05, 3.63) is 0 Å². The highest BCUT2D eigenvalue weighted by Gasteiger charge is 2.39. The second-order valence-electron chi connectivity index (χ2n) is 4.70. The Morgan fingerprint density at radius 2 is 1.83 bits per heavy atom. The normalized spacial score (nSPS) is 31.6. The number of amides is 2. The van der Waals surface area contributed by atoms with Gasteiger partial charge in [0.15, 0.2) is 6.10 Å². The van der Waals surface area contributed by atoms with Crippen molar-refractivity contribution in [3.63, 3.8) is 0 Å². The Hall–Kier alpha value is -1.63. The number of carbonyl (C=O) groups excluding carboxylic acids is 2. The monoisotopic (exact) mass is 256 g/mol. The summed E-state index contributed by atoms with van der Waals surface area (Å²) in [7, 11) is 0.